The predicted octanol–water partition coefficient (Wildman–Crippen LogP) is 21.2. The van der Waals surface area contributed by atoms with Crippen LogP contribution in [-0.4, -0.2) is 13.4 Å². The minimum atomic E-state index is -0.177. The number of hydrogen-bond donors (Lipinski definition) is 0. The normalized spacial score (nSPS) is 14.2. The van der Waals surface area contributed by atoms with E-state index in [0.29, 0.717) is 0 Å². The van der Waals surface area contributed by atoms with Crippen LogP contribution < -0.4 is 32.8 Å². The van der Waals surface area contributed by atoms with Crippen molar-refractivity contribution in [1.29, 1.82) is 0 Å². The van der Waals surface area contributed by atoms with E-state index in [9.17, 15) is 0 Å². The summed E-state index contributed by atoms with van der Waals surface area (Å²) in [6.07, 6.45) is 0. The quantitative estimate of drug-likeness (QED) is 0.115. The van der Waals surface area contributed by atoms with Gasteiger partial charge in [0.05, 0.1) is 0 Å². The molecule has 8 aromatic rings. The van der Waals surface area contributed by atoms with Gasteiger partial charge in [0.15, 0.2) is 0 Å². The van der Waals surface area contributed by atoms with Gasteiger partial charge in [0.2, 0.25) is 13.4 Å². The van der Waals surface area contributed by atoms with E-state index >= 15 is 0 Å². The van der Waals surface area contributed by atoms with Gasteiger partial charge < -0.3 is 0 Å². The van der Waals surface area contributed by atoms with Gasteiger partial charge in [-0.1, -0.05) is 379 Å². The Morgan fingerprint density at radius 1 is 0.189 bits per heavy atom. The molecule has 482 valence electrons. The van der Waals surface area contributed by atoms with Crippen molar-refractivity contribution in [3.05, 3.63) is 164 Å². The third kappa shape index (κ3) is 13.5. The highest BCUT2D eigenvalue weighted by Crippen LogP contribution is 2.43. The van der Waals surface area contributed by atoms with Crippen molar-refractivity contribution in [3.8, 4) is 0 Å². The minimum absolute atomic E-state index is 0.0517. The van der Waals surface area contributed by atoms with E-state index in [1.54, 1.807) is 0 Å². The number of rotatable bonds is 6. The van der Waals surface area contributed by atoms with Crippen molar-refractivity contribution < 1.29 is 0 Å². The number of benzene rings is 8. The van der Waals surface area contributed by atoms with Crippen LogP contribution in [0.25, 0.3) is 32.3 Å². The lowest BCUT2D eigenvalue weighted by Gasteiger charge is -2.40. The van der Waals surface area contributed by atoms with Gasteiger partial charge >= 0.3 is 0 Å². The van der Waals surface area contributed by atoms with E-state index in [-0.39, 0.29) is 78.4 Å². The molecule has 0 atom stereocenters. The third-order valence-corrected chi connectivity index (χ3v) is 20.2. The summed E-state index contributed by atoms with van der Waals surface area (Å²) in [6, 6.07) is 41.3. The van der Waals surface area contributed by atoms with E-state index in [1.165, 1.54) is 132 Å². The molecule has 8 aromatic carbocycles. The van der Waals surface area contributed by atoms with Crippen molar-refractivity contribution in [2.75, 3.05) is 0 Å². The summed E-state index contributed by atoms with van der Waals surface area (Å²) >= 11 is 0. The first-order valence-corrected chi connectivity index (χ1v) is 34.7. The zero-order chi connectivity index (χ0) is 68.3. The first-order chi connectivity index (χ1) is 40.3. The molecule has 0 aliphatic carbocycles. The highest BCUT2D eigenvalue weighted by atomic mass is 14.4. The summed E-state index contributed by atoms with van der Waals surface area (Å²) in [4.78, 5) is 0. The lowest BCUT2D eigenvalue weighted by atomic mass is 9.31. The molecule has 0 saturated heterocycles. The second-order valence-corrected chi connectivity index (χ2v) is 40.5. The number of hydrogen-bond acceptors (Lipinski definition) is 0. The molecule has 0 N–H and O–H groups in total. The summed E-state index contributed by atoms with van der Waals surface area (Å²) in [5.41, 5.74) is 24.3. The van der Waals surface area contributed by atoms with Crippen molar-refractivity contribution in [3.63, 3.8) is 0 Å². The van der Waals surface area contributed by atoms with Crippen LogP contribution in [0, 0.1) is 0 Å². The average Bonchev–Trinajstić information content (AvgIpc) is 0.713. The predicted molar refractivity (Wildman–Crippen MR) is 410 cm³/mol. The van der Waals surface area contributed by atoms with Crippen LogP contribution in [0.5, 0.6) is 0 Å². The lowest BCUT2D eigenvalue weighted by molar-refractivity contribution is 0.550. The lowest BCUT2D eigenvalue weighted by Crippen LogP contribution is -2.61. The van der Waals surface area contributed by atoms with Crippen LogP contribution in [0.1, 0.15) is 316 Å². The largest absolute Gasteiger partial charge is 0.243 e. The highest BCUT2D eigenvalue weighted by Gasteiger charge is 2.45. The molecule has 90 heavy (non-hydrogen) atoms. The van der Waals surface area contributed by atoms with Gasteiger partial charge in [-0.05, 0) is 164 Å². The zero-order valence-corrected chi connectivity index (χ0v) is 64.4. The first kappa shape index (κ1) is 70.8. The molecule has 0 bridgehead atoms. The maximum Gasteiger partial charge on any atom is 0.243 e. The average molecular weight is 1200 g/mol. The van der Waals surface area contributed by atoms with Gasteiger partial charge in [0, 0.05) is 0 Å². The Kier molecular flexibility index (Phi) is 17.5. The van der Waals surface area contributed by atoms with Crippen molar-refractivity contribution >= 4 is 78.5 Å². The molecular formula is C88H124B2. The molecule has 2 heteroatoms. The molecule has 0 fully saturated rings. The van der Waals surface area contributed by atoms with Gasteiger partial charge in [0.1, 0.15) is 0 Å². The molecule has 0 spiro atoms. The molecule has 0 unspecified atom stereocenters. The fourth-order valence-corrected chi connectivity index (χ4v) is 14.8. The molecule has 0 amide bonds. The third-order valence-electron chi connectivity index (χ3n) is 20.2. The van der Waals surface area contributed by atoms with Crippen LogP contribution in [0.3, 0.4) is 0 Å². The van der Waals surface area contributed by atoms with E-state index in [1.807, 2.05) is 0 Å². The van der Waals surface area contributed by atoms with Crippen LogP contribution in [0.2, 0.25) is 0 Å². The SMILES string of the molecule is CC(C)(C)c1cc(C(C)(C)C)c(B(c2c(C(C)(C)C)cc(C(C)(C)C)cc2C(C)(C)C)c2ccc3ccc4c(B(c5c(C(C)(C)C)cc(C(C)(C)C)cc5C(C)(C)C)c5c(C(C)(C)C)cc(C(C)(C)C)cc5C(C)(C)C)ccc5ccc2c3c54)c(C(C)(C)C)c1. The van der Waals surface area contributed by atoms with Crippen LogP contribution in [0.15, 0.2) is 97.1 Å². The van der Waals surface area contributed by atoms with E-state index < -0.39 is 0 Å². The Morgan fingerprint density at radius 2 is 0.344 bits per heavy atom. The van der Waals surface area contributed by atoms with Gasteiger partial charge in [-0.15, -0.1) is 0 Å². The highest BCUT2D eigenvalue weighted by molar-refractivity contribution is 6.99. The van der Waals surface area contributed by atoms with Gasteiger partial charge in [-0.3, -0.25) is 0 Å². The first-order valence-electron chi connectivity index (χ1n) is 34.7. The molecule has 0 nitrogen and oxygen atoms in total. The molecule has 0 aliphatic heterocycles. The Hall–Kier alpha value is -5.07. The fraction of sp³-hybridized carbons (Fsp3) is 0.545. The van der Waals surface area contributed by atoms with Crippen LogP contribution >= 0.6 is 0 Å². The minimum Gasteiger partial charge on any atom is -0.0657 e. The molecular weight excluding hydrogens is 1080 g/mol. The maximum absolute atomic E-state index is 2.63. The Morgan fingerprint density at radius 3 is 0.489 bits per heavy atom. The van der Waals surface area contributed by atoms with Crippen molar-refractivity contribution in [1.82, 2.24) is 0 Å². The van der Waals surface area contributed by atoms with Gasteiger partial charge in [-0.2, -0.15) is 0 Å². The molecule has 0 aromatic heterocycles. The van der Waals surface area contributed by atoms with Crippen LogP contribution in [0.4, 0.5) is 0 Å². The topological polar surface area (TPSA) is 0 Å². The van der Waals surface area contributed by atoms with E-state index in [0.717, 1.165) is 0 Å². The van der Waals surface area contributed by atoms with E-state index in [4.69, 9.17) is 0 Å². The fourth-order valence-electron chi connectivity index (χ4n) is 14.8. The van der Waals surface area contributed by atoms with E-state index in [2.05, 4.69) is 346 Å². The van der Waals surface area contributed by atoms with Crippen molar-refractivity contribution in [2.45, 2.75) is 314 Å². The van der Waals surface area contributed by atoms with Crippen molar-refractivity contribution in [2.24, 2.45) is 0 Å². The maximum atomic E-state index is 2.63. The smallest absolute Gasteiger partial charge is 0.0657 e. The molecule has 0 saturated carbocycles. The zero-order valence-electron chi connectivity index (χ0n) is 64.4. The van der Waals surface area contributed by atoms with Gasteiger partial charge in [-0.25, -0.2) is 0 Å². The summed E-state index contributed by atoms with van der Waals surface area (Å²) in [5.74, 6) is 0. The Bertz CT molecular complexity index is 3430. The second kappa shape index (κ2) is 22.3. The van der Waals surface area contributed by atoms with Gasteiger partial charge in [0.25, 0.3) is 0 Å². The molecule has 0 aliphatic rings. The summed E-state index contributed by atoms with van der Waals surface area (Å²) < 4.78 is 0. The molecule has 0 heterocycles. The summed E-state index contributed by atoms with van der Waals surface area (Å²) in [6.45, 7) is 88.0. The summed E-state index contributed by atoms with van der Waals surface area (Å²) in [5, 5.41) is 8.05. The Balaban J connectivity index is 1.71. The van der Waals surface area contributed by atoms with Crippen LogP contribution in [-0.2, 0) is 65.0 Å². The molecule has 0 radical (unpaired) electrons. The molecule has 8 rings (SSSR count). The monoisotopic (exact) mass is 1200 g/mol. The summed E-state index contributed by atoms with van der Waals surface area (Å²) in [7, 11) is 0. The standard InChI is InChI=1S/C88H124B2/c1-77(2,3)55-45-61(81(13,14)15)73(62(46-55)82(16,17)18)89(74-63(83(19,20)21)47-56(78(4,5)6)48-64(74)84(22,23)24)69-43-39-53-38-42-60-70(44-40-54-37-41-59(69)71(53)72(54)60)90(75-65(85(25,26)27)49-57(79(7,8)9)50-66(75)86(28,29)30)76-67(87(31,32)33)51-58(80(10,11)12)52-68(76)88(34,35)36/h37-52H,1-36H3. The second-order valence-electron chi connectivity index (χ2n) is 40.5. The Labute approximate surface area is 553 Å².